The summed E-state index contributed by atoms with van der Waals surface area (Å²) < 4.78 is 7.72. The molecule has 190 valence electrons. The molecule has 4 heterocycles. The number of benzene rings is 2. The first kappa shape index (κ1) is 23.8. The Morgan fingerprint density at radius 1 is 1.03 bits per heavy atom. The summed E-state index contributed by atoms with van der Waals surface area (Å²) in [6, 6.07) is 18.2. The normalized spacial score (nSPS) is 17.0. The summed E-state index contributed by atoms with van der Waals surface area (Å²) >= 11 is 1.87. The van der Waals surface area contributed by atoms with Crippen LogP contribution in [0.2, 0.25) is 0 Å². The standard InChI is InChI=1S/C30H32N4O2S/c1-19-14-20(2)16-22(15-19)31-30(35)34-17-25-24-11-13-32(3)18-27(24)37-29(25)33-12-5-6-26(33)28(34)21-7-9-23(36-4)10-8-21/h5-10,12,14-16,28H,11,13,17-18H2,1-4H3,(H,31,35)/t28-/m1/s1. The van der Waals surface area contributed by atoms with E-state index in [1.54, 1.807) is 7.11 Å². The quantitative estimate of drug-likeness (QED) is 0.351. The average Bonchev–Trinajstić information content (AvgIpc) is 3.45. The molecule has 0 saturated carbocycles. The number of anilines is 1. The Bertz CT molecular complexity index is 1450. The molecule has 0 spiro atoms. The highest BCUT2D eigenvalue weighted by Gasteiger charge is 2.36. The maximum Gasteiger partial charge on any atom is 0.322 e. The van der Waals surface area contributed by atoms with E-state index in [9.17, 15) is 4.79 Å². The van der Waals surface area contributed by atoms with Gasteiger partial charge in [0.05, 0.1) is 25.4 Å². The van der Waals surface area contributed by atoms with Gasteiger partial charge in [-0.05, 0) is 86.0 Å². The number of aryl methyl sites for hydroxylation is 2. The van der Waals surface area contributed by atoms with Crippen molar-refractivity contribution in [3.8, 4) is 10.8 Å². The van der Waals surface area contributed by atoms with Crippen molar-refractivity contribution in [3.63, 3.8) is 0 Å². The van der Waals surface area contributed by atoms with Crippen LogP contribution in [0.15, 0.2) is 60.8 Å². The summed E-state index contributed by atoms with van der Waals surface area (Å²) in [5.74, 6) is 0.802. The number of carbonyl (C=O) groups is 1. The number of hydrogen-bond acceptors (Lipinski definition) is 4. The Kier molecular flexibility index (Phi) is 6.05. The van der Waals surface area contributed by atoms with Crippen LogP contribution in [0.1, 0.15) is 44.4 Å². The molecular formula is C30H32N4O2S. The number of aromatic nitrogens is 1. The monoisotopic (exact) mass is 512 g/mol. The zero-order valence-electron chi connectivity index (χ0n) is 21.7. The van der Waals surface area contributed by atoms with Crippen LogP contribution in [0.4, 0.5) is 10.5 Å². The number of rotatable bonds is 3. The lowest BCUT2D eigenvalue weighted by molar-refractivity contribution is 0.194. The van der Waals surface area contributed by atoms with Gasteiger partial charge in [0.2, 0.25) is 0 Å². The van der Waals surface area contributed by atoms with Gasteiger partial charge in [-0.15, -0.1) is 11.3 Å². The maximum absolute atomic E-state index is 14.1. The van der Waals surface area contributed by atoms with Crippen LogP contribution in [0.5, 0.6) is 5.75 Å². The molecule has 1 atom stereocenters. The fourth-order valence-corrected chi connectivity index (χ4v) is 7.17. The Morgan fingerprint density at radius 2 is 1.78 bits per heavy atom. The summed E-state index contributed by atoms with van der Waals surface area (Å²) in [4.78, 5) is 19.9. The molecule has 6 rings (SSSR count). The van der Waals surface area contributed by atoms with Gasteiger partial charge in [-0.3, -0.25) is 0 Å². The summed E-state index contributed by atoms with van der Waals surface area (Å²) in [7, 11) is 3.85. The molecule has 6 nitrogen and oxygen atoms in total. The first-order valence-electron chi connectivity index (χ1n) is 12.7. The second kappa shape index (κ2) is 9.39. The number of likely N-dealkylation sites (N-methyl/N-ethyl adjacent to an activating group) is 1. The number of amides is 2. The number of thiophene rings is 1. The molecule has 0 bridgehead atoms. The highest BCUT2D eigenvalue weighted by atomic mass is 32.1. The van der Waals surface area contributed by atoms with Gasteiger partial charge in [-0.2, -0.15) is 0 Å². The molecule has 2 amide bonds. The molecular weight excluding hydrogens is 480 g/mol. The molecule has 2 aliphatic heterocycles. The number of urea groups is 1. The van der Waals surface area contributed by atoms with Gasteiger partial charge in [0, 0.05) is 35.4 Å². The van der Waals surface area contributed by atoms with Gasteiger partial charge in [0.1, 0.15) is 10.8 Å². The number of fused-ring (bicyclic) bond motifs is 5. The SMILES string of the molecule is COc1ccc([C@@H]2c3cccn3-c3sc4c(c3CN2C(=O)Nc2cc(C)cc(C)c2)CCN(C)C4)cc1. The molecule has 2 aromatic carbocycles. The molecule has 2 aliphatic rings. The minimum Gasteiger partial charge on any atom is -0.497 e. The Hall–Kier alpha value is -3.55. The molecule has 0 fully saturated rings. The van der Waals surface area contributed by atoms with Crippen molar-refractivity contribution in [1.82, 2.24) is 14.4 Å². The minimum absolute atomic E-state index is 0.0979. The van der Waals surface area contributed by atoms with Gasteiger partial charge in [-0.25, -0.2) is 4.79 Å². The second-order valence-corrected chi connectivity index (χ2v) is 11.3. The van der Waals surface area contributed by atoms with E-state index in [-0.39, 0.29) is 12.1 Å². The third-order valence-corrected chi connectivity index (χ3v) is 8.68. The topological polar surface area (TPSA) is 49.7 Å². The van der Waals surface area contributed by atoms with Gasteiger partial charge < -0.3 is 24.4 Å². The first-order valence-corrected chi connectivity index (χ1v) is 13.5. The van der Waals surface area contributed by atoms with E-state index < -0.39 is 0 Å². The van der Waals surface area contributed by atoms with Crippen LogP contribution in [0.25, 0.3) is 5.00 Å². The van der Waals surface area contributed by atoms with Gasteiger partial charge in [0.25, 0.3) is 0 Å². The lowest BCUT2D eigenvalue weighted by atomic mass is 10.00. The molecule has 37 heavy (non-hydrogen) atoms. The Labute approximate surface area is 222 Å². The van der Waals surface area contributed by atoms with E-state index >= 15 is 0 Å². The highest BCUT2D eigenvalue weighted by Crippen LogP contribution is 2.43. The van der Waals surface area contributed by atoms with Crippen molar-refractivity contribution in [2.45, 2.75) is 39.4 Å². The predicted molar refractivity (Wildman–Crippen MR) is 149 cm³/mol. The summed E-state index contributed by atoms with van der Waals surface area (Å²) in [5.41, 5.74) is 7.92. The zero-order chi connectivity index (χ0) is 25.7. The highest BCUT2D eigenvalue weighted by molar-refractivity contribution is 7.15. The van der Waals surface area contributed by atoms with Crippen LogP contribution in [-0.2, 0) is 19.5 Å². The van der Waals surface area contributed by atoms with Crippen LogP contribution in [0.3, 0.4) is 0 Å². The van der Waals surface area contributed by atoms with Crippen molar-refractivity contribution in [1.29, 1.82) is 0 Å². The van der Waals surface area contributed by atoms with E-state index in [4.69, 9.17) is 4.74 Å². The minimum atomic E-state index is -0.242. The first-order chi connectivity index (χ1) is 17.9. The summed E-state index contributed by atoms with van der Waals surface area (Å²) in [5, 5.41) is 4.46. The van der Waals surface area contributed by atoms with E-state index in [1.165, 1.54) is 21.0 Å². The molecule has 4 aromatic rings. The molecule has 1 N–H and O–H groups in total. The second-order valence-electron chi connectivity index (χ2n) is 10.2. The molecule has 0 saturated heterocycles. The lowest BCUT2D eigenvalue weighted by Gasteiger charge is -2.32. The van der Waals surface area contributed by atoms with Crippen molar-refractivity contribution >= 4 is 23.1 Å². The fraction of sp³-hybridized carbons (Fsp3) is 0.300. The van der Waals surface area contributed by atoms with Crippen molar-refractivity contribution in [3.05, 3.63) is 99.2 Å². The van der Waals surface area contributed by atoms with Crippen molar-refractivity contribution < 1.29 is 9.53 Å². The lowest BCUT2D eigenvalue weighted by Crippen LogP contribution is -2.38. The van der Waals surface area contributed by atoms with E-state index in [0.717, 1.165) is 53.3 Å². The molecule has 0 radical (unpaired) electrons. The van der Waals surface area contributed by atoms with Crippen LogP contribution >= 0.6 is 11.3 Å². The third kappa shape index (κ3) is 4.32. The number of nitrogens with zero attached hydrogens (tertiary/aromatic N) is 3. The predicted octanol–water partition coefficient (Wildman–Crippen LogP) is 6.29. The molecule has 0 unspecified atom stereocenters. The number of carbonyl (C=O) groups excluding carboxylic acids is 1. The van der Waals surface area contributed by atoms with Crippen LogP contribution in [0, 0.1) is 13.8 Å². The number of hydrogen-bond donors (Lipinski definition) is 1. The van der Waals surface area contributed by atoms with Crippen LogP contribution in [-0.4, -0.2) is 41.1 Å². The van der Waals surface area contributed by atoms with E-state index in [1.807, 2.05) is 40.5 Å². The summed E-state index contributed by atoms with van der Waals surface area (Å²) in [6.45, 7) is 6.66. The fourth-order valence-electron chi connectivity index (χ4n) is 5.73. The van der Waals surface area contributed by atoms with Crippen molar-refractivity contribution in [2.24, 2.45) is 0 Å². The number of methoxy groups -OCH3 is 1. The molecule has 0 aliphatic carbocycles. The number of ether oxygens (including phenoxy) is 1. The smallest absolute Gasteiger partial charge is 0.322 e. The largest absolute Gasteiger partial charge is 0.497 e. The Morgan fingerprint density at radius 3 is 2.51 bits per heavy atom. The van der Waals surface area contributed by atoms with Gasteiger partial charge in [-0.1, -0.05) is 18.2 Å². The van der Waals surface area contributed by atoms with Crippen molar-refractivity contribution in [2.75, 3.05) is 26.0 Å². The summed E-state index contributed by atoms with van der Waals surface area (Å²) in [6.07, 6.45) is 3.15. The van der Waals surface area contributed by atoms with Gasteiger partial charge in [0.15, 0.2) is 0 Å². The van der Waals surface area contributed by atoms with Crippen LogP contribution < -0.4 is 10.1 Å². The van der Waals surface area contributed by atoms with E-state index in [2.05, 4.69) is 72.2 Å². The maximum atomic E-state index is 14.1. The average molecular weight is 513 g/mol. The van der Waals surface area contributed by atoms with Gasteiger partial charge >= 0.3 is 6.03 Å². The zero-order valence-corrected chi connectivity index (χ0v) is 22.6. The molecule has 7 heteroatoms. The molecule has 2 aromatic heterocycles. The van der Waals surface area contributed by atoms with E-state index in [0.29, 0.717) is 6.54 Å². The third-order valence-electron chi connectivity index (χ3n) is 7.42. The Balaban J connectivity index is 1.48. The number of nitrogens with one attached hydrogen (secondary N) is 1.